The maximum Gasteiger partial charge on any atom is 0.416 e. The number of hydrogen-bond acceptors (Lipinski definition) is 3. The fraction of sp³-hybridized carbons (Fsp3) is 0.278. The first kappa shape index (κ1) is 22.8. The topological polar surface area (TPSA) is 72.5 Å². The number of hydrogen-bond donors (Lipinski definition) is 1. The molecule has 0 saturated heterocycles. The van der Waals surface area contributed by atoms with E-state index in [0.29, 0.717) is 16.4 Å². The summed E-state index contributed by atoms with van der Waals surface area (Å²) in [5.74, 6) is -3.46. The van der Waals surface area contributed by atoms with Crippen molar-refractivity contribution in [3.05, 3.63) is 64.7 Å². The van der Waals surface area contributed by atoms with Crippen molar-refractivity contribution in [1.29, 1.82) is 0 Å². The maximum absolute atomic E-state index is 14.1. The summed E-state index contributed by atoms with van der Waals surface area (Å²) in [4.78, 5) is 12.2. The van der Waals surface area contributed by atoms with E-state index in [9.17, 15) is 35.5 Å². The molecule has 0 aliphatic rings. The smallest absolute Gasteiger partial charge is 0.416 e. The molecule has 29 heavy (non-hydrogen) atoms. The van der Waals surface area contributed by atoms with Gasteiger partial charge in [0.05, 0.1) is 17.2 Å². The summed E-state index contributed by atoms with van der Waals surface area (Å²) in [5.41, 5.74) is -1.25. The van der Waals surface area contributed by atoms with E-state index >= 15 is 0 Å². The van der Waals surface area contributed by atoms with Crippen molar-refractivity contribution in [3.63, 3.8) is 0 Å². The zero-order valence-electron chi connectivity index (χ0n) is 15.2. The van der Waals surface area contributed by atoms with Gasteiger partial charge in [-0.1, -0.05) is 12.1 Å². The van der Waals surface area contributed by atoms with Crippen LogP contribution in [-0.4, -0.2) is 21.7 Å². The van der Waals surface area contributed by atoms with Crippen LogP contribution < -0.4 is 9.62 Å². The van der Waals surface area contributed by atoms with E-state index < -0.39 is 46.5 Å². The standard InChI is InChI=1S/C18H17F5N2O3S/c1-10(11-4-6-16(15(20)7-11)25(2)29(27)28)17(26)24-9-12-3-5-13(8-14(12)19)18(21,22)23/h3-8,10H,9H2,1-2H3,(H,24,26)(H,27,28)/p-1. The van der Waals surface area contributed by atoms with Crippen molar-refractivity contribution in [3.8, 4) is 0 Å². The second-order valence-electron chi connectivity index (χ2n) is 6.17. The molecule has 158 valence electrons. The normalized spacial score (nSPS) is 13.7. The number of halogens is 5. The Morgan fingerprint density at radius 3 is 2.34 bits per heavy atom. The van der Waals surface area contributed by atoms with E-state index in [2.05, 4.69) is 5.32 Å². The van der Waals surface area contributed by atoms with Crippen LogP contribution in [0.1, 0.15) is 29.5 Å². The Bertz CT molecular complexity index is 936. The van der Waals surface area contributed by atoms with Crippen LogP contribution in [0.4, 0.5) is 27.6 Å². The first-order chi connectivity index (χ1) is 13.4. The van der Waals surface area contributed by atoms with Crippen molar-refractivity contribution in [2.75, 3.05) is 11.4 Å². The fourth-order valence-corrected chi connectivity index (χ4v) is 2.79. The minimum absolute atomic E-state index is 0.139. The quantitative estimate of drug-likeness (QED) is 0.556. The van der Waals surface area contributed by atoms with Crippen LogP contribution in [0, 0.1) is 11.6 Å². The van der Waals surface area contributed by atoms with E-state index in [-0.39, 0.29) is 23.4 Å². The van der Waals surface area contributed by atoms with Crippen molar-refractivity contribution in [1.82, 2.24) is 5.32 Å². The summed E-state index contributed by atoms with van der Waals surface area (Å²) in [5, 5.41) is 2.38. The minimum atomic E-state index is -4.68. The molecule has 5 nitrogen and oxygen atoms in total. The predicted octanol–water partition coefficient (Wildman–Crippen LogP) is 3.63. The molecule has 2 aromatic carbocycles. The average Bonchev–Trinajstić information content (AvgIpc) is 2.64. The molecule has 0 aliphatic carbocycles. The van der Waals surface area contributed by atoms with Gasteiger partial charge in [-0.15, -0.1) is 0 Å². The lowest BCUT2D eigenvalue weighted by atomic mass is 9.99. The molecule has 0 aromatic heterocycles. The van der Waals surface area contributed by atoms with Gasteiger partial charge in [0, 0.05) is 30.4 Å². The number of amides is 1. The summed E-state index contributed by atoms with van der Waals surface area (Å²) in [6.45, 7) is 1.09. The summed E-state index contributed by atoms with van der Waals surface area (Å²) >= 11 is -2.67. The van der Waals surface area contributed by atoms with Crippen LogP contribution in [0.3, 0.4) is 0 Å². The van der Waals surface area contributed by atoms with Crippen LogP contribution in [0.2, 0.25) is 0 Å². The van der Waals surface area contributed by atoms with Crippen LogP contribution in [-0.2, 0) is 28.8 Å². The molecular weight excluding hydrogens is 419 g/mol. The third-order valence-corrected chi connectivity index (χ3v) is 4.91. The predicted molar refractivity (Wildman–Crippen MR) is 95.4 cm³/mol. The highest BCUT2D eigenvalue weighted by Crippen LogP contribution is 2.30. The molecule has 11 heteroatoms. The Morgan fingerprint density at radius 1 is 1.17 bits per heavy atom. The Labute approximate surface area is 165 Å². The van der Waals surface area contributed by atoms with Crippen LogP contribution in [0.5, 0.6) is 0 Å². The number of rotatable bonds is 6. The number of nitrogens with one attached hydrogen (secondary N) is 1. The molecule has 0 aliphatic heterocycles. The summed E-state index contributed by atoms with van der Waals surface area (Å²) in [7, 11) is 1.15. The number of anilines is 1. The van der Waals surface area contributed by atoms with Crippen molar-refractivity contribution >= 4 is 22.9 Å². The number of carbonyl (C=O) groups excluding carboxylic acids is 1. The van der Waals surface area contributed by atoms with Crippen molar-refractivity contribution in [2.24, 2.45) is 0 Å². The molecule has 2 unspecified atom stereocenters. The van der Waals surface area contributed by atoms with Gasteiger partial charge in [0.1, 0.15) is 11.6 Å². The summed E-state index contributed by atoms with van der Waals surface area (Å²) in [6, 6.07) is 5.54. The maximum atomic E-state index is 14.1. The SMILES string of the molecule is CC(C(=O)NCc1ccc(C(F)(F)F)cc1F)c1ccc(N(C)S(=O)[O-])c(F)c1. The summed E-state index contributed by atoms with van der Waals surface area (Å²) < 4.78 is 88.1. The number of carbonyl (C=O) groups is 1. The molecule has 0 spiro atoms. The van der Waals surface area contributed by atoms with E-state index in [0.717, 1.165) is 19.2 Å². The molecule has 2 aromatic rings. The first-order valence-electron chi connectivity index (χ1n) is 8.17. The van der Waals surface area contributed by atoms with Gasteiger partial charge in [0.15, 0.2) is 0 Å². The Kier molecular flexibility index (Phi) is 6.96. The van der Waals surface area contributed by atoms with Gasteiger partial charge in [0.25, 0.3) is 0 Å². The molecule has 2 rings (SSSR count). The highest BCUT2D eigenvalue weighted by atomic mass is 32.2. The monoisotopic (exact) mass is 435 g/mol. The van der Waals surface area contributed by atoms with Crippen LogP contribution in [0.15, 0.2) is 36.4 Å². The Balaban J connectivity index is 2.08. The second kappa shape index (κ2) is 8.87. The van der Waals surface area contributed by atoms with Crippen LogP contribution >= 0.6 is 0 Å². The van der Waals surface area contributed by atoms with E-state index in [4.69, 9.17) is 0 Å². The Morgan fingerprint density at radius 2 is 1.83 bits per heavy atom. The first-order valence-corrected chi connectivity index (χ1v) is 9.21. The molecular formula is C18H16F5N2O3S-. The molecule has 1 amide bonds. The molecule has 0 fully saturated rings. The van der Waals surface area contributed by atoms with Gasteiger partial charge in [-0.3, -0.25) is 9.00 Å². The highest BCUT2D eigenvalue weighted by Gasteiger charge is 2.31. The van der Waals surface area contributed by atoms with Gasteiger partial charge >= 0.3 is 6.18 Å². The summed E-state index contributed by atoms with van der Waals surface area (Å²) in [6.07, 6.45) is -4.68. The minimum Gasteiger partial charge on any atom is -0.755 e. The second-order valence-corrected chi connectivity index (χ2v) is 7.15. The third kappa shape index (κ3) is 5.51. The number of benzene rings is 2. The molecule has 0 radical (unpaired) electrons. The van der Waals surface area contributed by atoms with Gasteiger partial charge in [-0.2, -0.15) is 13.2 Å². The van der Waals surface area contributed by atoms with Gasteiger partial charge in [-0.05, 0) is 36.8 Å². The molecule has 0 bridgehead atoms. The lowest BCUT2D eigenvalue weighted by Crippen LogP contribution is -2.28. The van der Waals surface area contributed by atoms with Gasteiger partial charge < -0.3 is 14.2 Å². The van der Waals surface area contributed by atoms with E-state index in [1.807, 2.05) is 0 Å². The van der Waals surface area contributed by atoms with Crippen LogP contribution in [0.25, 0.3) is 0 Å². The zero-order chi connectivity index (χ0) is 21.9. The highest BCUT2D eigenvalue weighted by molar-refractivity contribution is 7.80. The molecule has 1 N–H and O–H groups in total. The molecule has 2 atom stereocenters. The average molecular weight is 435 g/mol. The van der Waals surface area contributed by atoms with Crippen molar-refractivity contribution in [2.45, 2.75) is 25.6 Å². The Hall–Kier alpha value is -2.53. The van der Waals surface area contributed by atoms with Gasteiger partial charge in [0.2, 0.25) is 5.91 Å². The zero-order valence-corrected chi connectivity index (χ0v) is 16.0. The van der Waals surface area contributed by atoms with Crippen molar-refractivity contribution < 1.29 is 35.5 Å². The number of nitrogens with zero attached hydrogens (tertiary/aromatic N) is 1. The fourth-order valence-electron chi connectivity index (χ4n) is 2.48. The van der Waals surface area contributed by atoms with E-state index in [1.54, 1.807) is 0 Å². The van der Waals surface area contributed by atoms with Gasteiger partial charge in [-0.25, -0.2) is 8.78 Å². The molecule has 0 heterocycles. The third-order valence-electron chi connectivity index (χ3n) is 4.26. The lowest BCUT2D eigenvalue weighted by Gasteiger charge is -2.22. The van der Waals surface area contributed by atoms with E-state index in [1.165, 1.54) is 19.1 Å². The largest absolute Gasteiger partial charge is 0.755 e. The number of alkyl halides is 3. The molecule has 0 saturated carbocycles. The lowest BCUT2D eigenvalue weighted by molar-refractivity contribution is -0.137.